The lowest BCUT2D eigenvalue weighted by atomic mass is 9.94. The van der Waals surface area contributed by atoms with Gasteiger partial charge in [-0.25, -0.2) is 9.97 Å². The highest BCUT2D eigenvalue weighted by Crippen LogP contribution is 2.26. The van der Waals surface area contributed by atoms with E-state index in [-0.39, 0.29) is 5.91 Å². The SMILES string of the molecule is Cc1cccc(Nc2ccc(C3CCCN(CC(=O)Nc4ncc(C)s4)C3)nc2)n1. The van der Waals surface area contributed by atoms with Gasteiger partial charge < -0.3 is 10.6 Å². The number of nitrogens with one attached hydrogen (secondary N) is 2. The minimum absolute atomic E-state index is 0.0110. The third-order valence-corrected chi connectivity index (χ3v) is 5.93. The maximum absolute atomic E-state index is 12.4. The van der Waals surface area contributed by atoms with Crippen molar-refractivity contribution in [3.05, 3.63) is 59.0 Å². The van der Waals surface area contributed by atoms with Crippen molar-refractivity contribution in [3.8, 4) is 0 Å². The van der Waals surface area contributed by atoms with E-state index >= 15 is 0 Å². The van der Waals surface area contributed by atoms with Gasteiger partial charge in [0.05, 0.1) is 18.4 Å². The first-order chi connectivity index (χ1) is 14.5. The molecule has 1 atom stereocenters. The predicted molar refractivity (Wildman–Crippen MR) is 120 cm³/mol. The van der Waals surface area contributed by atoms with Gasteiger partial charge >= 0.3 is 0 Å². The van der Waals surface area contributed by atoms with Crippen LogP contribution in [0, 0.1) is 13.8 Å². The van der Waals surface area contributed by atoms with Gasteiger partial charge in [0.15, 0.2) is 5.13 Å². The van der Waals surface area contributed by atoms with Crippen LogP contribution in [-0.2, 0) is 4.79 Å². The molecule has 0 aliphatic carbocycles. The van der Waals surface area contributed by atoms with Gasteiger partial charge in [0, 0.05) is 34.9 Å². The van der Waals surface area contributed by atoms with Gasteiger partial charge in [-0.2, -0.15) is 0 Å². The van der Waals surface area contributed by atoms with E-state index in [1.807, 2.05) is 44.3 Å². The number of anilines is 3. The lowest BCUT2D eigenvalue weighted by Gasteiger charge is -2.31. The van der Waals surface area contributed by atoms with E-state index < -0.39 is 0 Å². The van der Waals surface area contributed by atoms with Crippen LogP contribution in [0.1, 0.15) is 35.0 Å². The summed E-state index contributed by atoms with van der Waals surface area (Å²) in [5, 5.41) is 6.85. The lowest BCUT2D eigenvalue weighted by Crippen LogP contribution is -2.39. The highest BCUT2D eigenvalue weighted by Gasteiger charge is 2.24. The Labute approximate surface area is 180 Å². The molecule has 156 valence electrons. The van der Waals surface area contributed by atoms with E-state index in [1.165, 1.54) is 11.3 Å². The Morgan fingerprint density at radius 2 is 2.10 bits per heavy atom. The zero-order valence-electron chi connectivity index (χ0n) is 17.3. The number of aromatic nitrogens is 3. The molecule has 3 aromatic heterocycles. The maximum atomic E-state index is 12.4. The molecule has 1 unspecified atom stereocenters. The molecular formula is C22H26N6OS. The average molecular weight is 423 g/mol. The summed E-state index contributed by atoms with van der Waals surface area (Å²) in [6.07, 6.45) is 5.78. The van der Waals surface area contributed by atoms with Crippen LogP contribution in [0.4, 0.5) is 16.6 Å². The number of thiazole rings is 1. The van der Waals surface area contributed by atoms with Gasteiger partial charge in [-0.1, -0.05) is 6.07 Å². The summed E-state index contributed by atoms with van der Waals surface area (Å²) >= 11 is 1.50. The summed E-state index contributed by atoms with van der Waals surface area (Å²) in [4.78, 5) is 29.0. The number of aryl methyl sites for hydroxylation is 2. The first-order valence-corrected chi connectivity index (χ1v) is 11.0. The second-order valence-electron chi connectivity index (χ2n) is 7.66. The third kappa shape index (κ3) is 5.40. The first-order valence-electron chi connectivity index (χ1n) is 10.2. The molecule has 1 aliphatic rings. The monoisotopic (exact) mass is 422 g/mol. The Bertz CT molecular complexity index is 1000. The van der Waals surface area contributed by atoms with E-state index in [1.54, 1.807) is 6.20 Å². The van der Waals surface area contributed by atoms with E-state index in [0.717, 1.165) is 53.7 Å². The largest absolute Gasteiger partial charge is 0.339 e. The van der Waals surface area contributed by atoms with Crippen molar-refractivity contribution in [2.24, 2.45) is 0 Å². The molecule has 8 heteroatoms. The molecule has 4 heterocycles. The van der Waals surface area contributed by atoms with Gasteiger partial charge in [0.25, 0.3) is 0 Å². The van der Waals surface area contributed by atoms with Crippen molar-refractivity contribution in [2.75, 3.05) is 30.3 Å². The standard InChI is InChI=1S/C22H26N6OS/c1-15-5-3-7-20(25-15)26-18-8-9-19(23-12-18)17-6-4-10-28(13-17)14-21(29)27-22-24-11-16(2)30-22/h3,5,7-9,11-12,17H,4,6,10,13-14H2,1-2H3,(H,25,26)(H,24,27,29). The van der Waals surface area contributed by atoms with Crippen LogP contribution >= 0.6 is 11.3 Å². The Morgan fingerprint density at radius 3 is 2.83 bits per heavy atom. The van der Waals surface area contributed by atoms with Crippen molar-refractivity contribution < 1.29 is 4.79 Å². The summed E-state index contributed by atoms with van der Waals surface area (Å²) in [6, 6.07) is 10.0. The van der Waals surface area contributed by atoms with E-state index in [2.05, 4.69) is 36.6 Å². The molecule has 0 radical (unpaired) electrons. The number of amides is 1. The van der Waals surface area contributed by atoms with E-state index in [4.69, 9.17) is 0 Å². The maximum Gasteiger partial charge on any atom is 0.240 e. The van der Waals surface area contributed by atoms with Crippen LogP contribution in [0.25, 0.3) is 0 Å². The second-order valence-corrected chi connectivity index (χ2v) is 8.89. The molecule has 2 N–H and O–H groups in total. The molecular weight excluding hydrogens is 396 g/mol. The molecule has 0 saturated carbocycles. The lowest BCUT2D eigenvalue weighted by molar-refractivity contribution is -0.117. The van der Waals surface area contributed by atoms with Crippen LogP contribution in [-0.4, -0.2) is 45.4 Å². The van der Waals surface area contributed by atoms with Crippen molar-refractivity contribution in [3.63, 3.8) is 0 Å². The van der Waals surface area contributed by atoms with Gasteiger partial charge in [0.1, 0.15) is 5.82 Å². The molecule has 0 bridgehead atoms. The number of hydrogen-bond donors (Lipinski definition) is 2. The Morgan fingerprint density at radius 1 is 1.20 bits per heavy atom. The fraction of sp³-hybridized carbons (Fsp3) is 0.364. The fourth-order valence-electron chi connectivity index (χ4n) is 3.70. The number of carbonyl (C=O) groups excluding carboxylic acids is 1. The number of rotatable bonds is 6. The van der Waals surface area contributed by atoms with E-state index in [9.17, 15) is 4.79 Å². The molecule has 0 spiro atoms. The van der Waals surface area contributed by atoms with Crippen LogP contribution in [0.3, 0.4) is 0 Å². The van der Waals surface area contributed by atoms with Gasteiger partial charge in [0.2, 0.25) is 5.91 Å². The highest BCUT2D eigenvalue weighted by atomic mass is 32.1. The predicted octanol–water partition coefficient (Wildman–Crippen LogP) is 4.11. The van der Waals surface area contributed by atoms with Crippen LogP contribution in [0.5, 0.6) is 0 Å². The minimum atomic E-state index is -0.0110. The number of nitrogens with zero attached hydrogens (tertiary/aromatic N) is 4. The average Bonchev–Trinajstić information content (AvgIpc) is 3.13. The van der Waals surface area contributed by atoms with Gasteiger partial charge in [-0.05, 0) is 57.5 Å². The molecule has 0 aromatic carbocycles. The second kappa shape index (κ2) is 9.32. The Balaban J connectivity index is 1.33. The molecule has 3 aromatic rings. The van der Waals surface area contributed by atoms with Crippen molar-refractivity contribution in [1.82, 2.24) is 19.9 Å². The van der Waals surface area contributed by atoms with E-state index in [0.29, 0.717) is 17.6 Å². The quantitative estimate of drug-likeness (QED) is 0.622. The van der Waals surface area contributed by atoms with Crippen molar-refractivity contribution >= 4 is 33.9 Å². The number of likely N-dealkylation sites (tertiary alicyclic amines) is 1. The van der Waals surface area contributed by atoms with Crippen LogP contribution in [0.2, 0.25) is 0 Å². The molecule has 1 amide bonds. The fourth-order valence-corrected chi connectivity index (χ4v) is 4.38. The third-order valence-electron chi connectivity index (χ3n) is 5.11. The molecule has 1 saturated heterocycles. The molecule has 7 nitrogen and oxygen atoms in total. The normalized spacial score (nSPS) is 16.9. The van der Waals surface area contributed by atoms with Crippen molar-refractivity contribution in [1.29, 1.82) is 0 Å². The summed E-state index contributed by atoms with van der Waals surface area (Å²) < 4.78 is 0. The minimum Gasteiger partial charge on any atom is -0.339 e. The topological polar surface area (TPSA) is 83.0 Å². The highest BCUT2D eigenvalue weighted by molar-refractivity contribution is 7.15. The number of piperidine rings is 1. The zero-order chi connectivity index (χ0) is 20.9. The van der Waals surface area contributed by atoms with Crippen LogP contribution < -0.4 is 10.6 Å². The number of hydrogen-bond acceptors (Lipinski definition) is 7. The van der Waals surface area contributed by atoms with Crippen molar-refractivity contribution in [2.45, 2.75) is 32.6 Å². The number of pyridine rings is 2. The van der Waals surface area contributed by atoms with Crippen LogP contribution in [0.15, 0.2) is 42.7 Å². The number of carbonyl (C=O) groups is 1. The smallest absolute Gasteiger partial charge is 0.240 e. The zero-order valence-corrected chi connectivity index (χ0v) is 18.1. The molecule has 30 heavy (non-hydrogen) atoms. The Kier molecular flexibility index (Phi) is 6.35. The van der Waals surface area contributed by atoms with Gasteiger partial charge in [-0.3, -0.25) is 14.7 Å². The summed E-state index contributed by atoms with van der Waals surface area (Å²) in [6.45, 7) is 6.10. The molecule has 4 rings (SSSR count). The Hall–Kier alpha value is -2.84. The molecule has 1 fully saturated rings. The summed E-state index contributed by atoms with van der Waals surface area (Å²) in [7, 11) is 0. The first kappa shape index (κ1) is 20.4. The summed E-state index contributed by atoms with van der Waals surface area (Å²) in [5.41, 5.74) is 2.96. The summed E-state index contributed by atoms with van der Waals surface area (Å²) in [5.74, 6) is 1.14. The molecule has 1 aliphatic heterocycles. The van der Waals surface area contributed by atoms with Gasteiger partial charge in [-0.15, -0.1) is 11.3 Å².